The van der Waals surface area contributed by atoms with Crippen LogP contribution in [0.25, 0.3) is 0 Å². The van der Waals surface area contributed by atoms with Gasteiger partial charge >= 0.3 is 0 Å². The topological polar surface area (TPSA) is 32.7 Å². The molecule has 2 rings (SSSR count). The Morgan fingerprint density at radius 1 is 1.37 bits per heavy atom. The molecule has 0 bridgehead atoms. The highest BCUT2D eigenvalue weighted by atomic mass is 16.5. The van der Waals surface area contributed by atoms with Crippen LogP contribution in [0, 0.1) is 5.92 Å². The quantitative estimate of drug-likeness (QED) is 0.856. The summed E-state index contributed by atoms with van der Waals surface area (Å²) in [5.74, 6) is 1.62. The molecule has 1 N–H and O–H groups in total. The first-order chi connectivity index (χ1) is 9.19. The van der Waals surface area contributed by atoms with Crippen molar-refractivity contribution in [3.05, 3.63) is 29.8 Å². The Morgan fingerprint density at radius 3 is 2.79 bits per heavy atom. The molecule has 1 unspecified atom stereocenters. The predicted octanol–water partition coefficient (Wildman–Crippen LogP) is 2.85. The molecule has 3 heteroatoms. The number of hydrogen-bond donors (Lipinski definition) is 1. The lowest BCUT2D eigenvalue weighted by molar-refractivity contribution is 0.118. The zero-order valence-electron chi connectivity index (χ0n) is 12.0. The number of ether oxygens (including phenoxy) is 1. The number of benzene rings is 1. The van der Waals surface area contributed by atoms with Gasteiger partial charge in [0.1, 0.15) is 5.75 Å². The lowest BCUT2D eigenvalue weighted by atomic mass is 10.1. The molecule has 19 heavy (non-hydrogen) atoms. The van der Waals surface area contributed by atoms with Crippen LogP contribution in [-0.4, -0.2) is 37.3 Å². The maximum Gasteiger partial charge on any atom is 0.119 e. The van der Waals surface area contributed by atoms with Gasteiger partial charge in [-0.1, -0.05) is 25.0 Å². The molecule has 0 radical (unpaired) electrons. The van der Waals surface area contributed by atoms with Gasteiger partial charge in [-0.3, -0.25) is 0 Å². The second-order valence-corrected chi connectivity index (χ2v) is 5.66. The second-order valence-electron chi connectivity index (χ2n) is 5.66. The van der Waals surface area contributed by atoms with Crippen molar-refractivity contribution in [1.29, 1.82) is 0 Å². The molecule has 1 aromatic carbocycles. The maximum atomic E-state index is 10.3. The van der Waals surface area contributed by atoms with Crippen LogP contribution >= 0.6 is 0 Å². The van der Waals surface area contributed by atoms with Crippen molar-refractivity contribution in [2.45, 2.75) is 31.8 Å². The molecule has 0 heterocycles. The average molecular weight is 263 g/mol. The van der Waals surface area contributed by atoms with Crippen molar-refractivity contribution >= 4 is 0 Å². The van der Waals surface area contributed by atoms with E-state index in [4.69, 9.17) is 4.74 Å². The molecule has 1 atom stereocenters. The number of likely N-dealkylation sites (N-methyl/N-ethyl adjacent to an activating group) is 1. The van der Waals surface area contributed by atoms with Gasteiger partial charge in [0.2, 0.25) is 0 Å². The number of hydrogen-bond acceptors (Lipinski definition) is 3. The van der Waals surface area contributed by atoms with Crippen LogP contribution < -0.4 is 4.74 Å². The monoisotopic (exact) mass is 263 g/mol. The van der Waals surface area contributed by atoms with E-state index in [1.54, 1.807) is 7.11 Å². The van der Waals surface area contributed by atoms with Crippen molar-refractivity contribution in [3.63, 3.8) is 0 Å². The van der Waals surface area contributed by atoms with E-state index in [1.165, 1.54) is 25.7 Å². The van der Waals surface area contributed by atoms with Gasteiger partial charge in [0, 0.05) is 13.1 Å². The van der Waals surface area contributed by atoms with E-state index in [1.807, 2.05) is 24.3 Å². The normalized spacial score (nSPS) is 17.9. The second kappa shape index (κ2) is 6.92. The van der Waals surface area contributed by atoms with E-state index in [2.05, 4.69) is 11.9 Å². The van der Waals surface area contributed by atoms with Gasteiger partial charge in [0.15, 0.2) is 0 Å². The molecule has 1 saturated carbocycles. The summed E-state index contributed by atoms with van der Waals surface area (Å²) in [4.78, 5) is 2.25. The van der Waals surface area contributed by atoms with Gasteiger partial charge in [-0.2, -0.15) is 0 Å². The summed E-state index contributed by atoms with van der Waals surface area (Å²) in [6.07, 6.45) is 4.99. The average Bonchev–Trinajstić information content (AvgIpc) is 2.91. The molecule has 1 aromatic rings. The zero-order chi connectivity index (χ0) is 13.7. The first kappa shape index (κ1) is 14.4. The smallest absolute Gasteiger partial charge is 0.119 e. The predicted molar refractivity (Wildman–Crippen MR) is 77.4 cm³/mol. The van der Waals surface area contributed by atoms with Crippen LogP contribution in [0.3, 0.4) is 0 Å². The lowest BCUT2D eigenvalue weighted by Crippen LogP contribution is -2.29. The summed E-state index contributed by atoms with van der Waals surface area (Å²) in [6.45, 7) is 1.78. The van der Waals surface area contributed by atoms with E-state index >= 15 is 0 Å². The SMILES string of the molecule is COc1cccc(C(O)CN(C)CC2CCCC2)c1. The van der Waals surface area contributed by atoms with Crippen LogP contribution in [0.4, 0.5) is 0 Å². The summed E-state index contributed by atoms with van der Waals surface area (Å²) in [7, 11) is 3.75. The molecule has 1 aliphatic carbocycles. The fourth-order valence-electron chi connectivity index (χ4n) is 2.96. The number of methoxy groups -OCH3 is 1. The number of rotatable bonds is 6. The summed E-state index contributed by atoms with van der Waals surface area (Å²) < 4.78 is 5.19. The summed E-state index contributed by atoms with van der Waals surface area (Å²) >= 11 is 0. The minimum atomic E-state index is -0.443. The van der Waals surface area contributed by atoms with Gasteiger partial charge < -0.3 is 14.7 Å². The molecule has 1 aliphatic rings. The Labute approximate surface area is 116 Å². The van der Waals surface area contributed by atoms with Crippen molar-refractivity contribution in [2.24, 2.45) is 5.92 Å². The standard InChI is InChI=1S/C16H25NO2/c1-17(11-13-6-3-4-7-13)12-16(18)14-8-5-9-15(10-14)19-2/h5,8-10,13,16,18H,3-4,6-7,11-12H2,1-2H3. The van der Waals surface area contributed by atoms with Crippen LogP contribution in [0.5, 0.6) is 5.75 Å². The van der Waals surface area contributed by atoms with Gasteiger partial charge in [-0.25, -0.2) is 0 Å². The largest absolute Gasteiger partial charge is 0.497 e. The van der Waals surface area contributed by atoms with Crippen LogP contribution in [0.15, 0.2) is 24.3 Å². The molecule has 0 saturated heterocycles. The molecule has 106 valence electrons. The van der Waals surface area contributed by atoms with Gasteiger partial charge in [0.05, 0.1) is 13.2 Å². The Kier molecular flexibility index (Phi) is 5.23. The molecular weight excluding hydrogens is 238 g/mol. The van der Waals surface area contributed by atoms with E-state index < -0.39 is 6.10 Å². The van der Waals surface area contributed by atoms with E-state index in [9.17, 15) is 5.11 Å². The molecule has 0 spiro atoms. The number of nitrogens with zero attached hydrogens (tertiary/aromatic N) is 1. The van der Waals surface area contributed by atoms with Crippen molar-refractivity contribution < 1.29 is 9.84 Å². The highest BCUT2D eigenvalue weighted by Crippen LogP contribution is 2.26. The first-order valence-electron chi connectivity index (χ1n) is 7.19. The summed E-state index contributed by atoms with van der Waals surface area (Å²) in [5, 5.41) is 10.3. The summed E-state index contributed by atoms with van der Waals surface area (Å²) in [5.41, 5.74) is 0.928. The Morgan fingerprint density at radius 2 is 2.11 bits per heavy atom. The van der Waals surface area contributed by atoms with Crippen molar-refractivity contribution in [1.82, 2.24) is 4.90 Å². The lowest BCUT2D eigenvalue weighted by Gasteiger charge is -2.23. The fourth-order valence-corrected chi connectivity index (χ4v) is 2.96. The third-order valence-electron chi connectivity index (χ3n) is 4.01. The fraction of sp³-hybridized carbons (Fsp3) is 0.625. The highest BCUT2D eigenvalue weighted by molar-refractivity contribution is 5.29. The molecule has 3 nitrogen and oxygen atoms in total. The van der Waals surface area contributed by atoms with Gasteiger partial charge in [-0.15, -0.1) is 0 Å². The third kappa shape index (κ3) is 4.22. The molecule has 0 amide bonds. The Hall–Kier alpha value is -1.06. The Bertz CT molecular complexity index is 388. The number of aliphatic hydroxyl groups excluding tert-OH is 1. The zero-order valence-corrected chi connectivity index (χ0v) is 12.0. The van der Waals surface area contributed by atoms with Crippen LogP contribution in [0.1, 0.15) is 37.4 Å². The minimum absolute atomic E-state index is 0.443. The van der Waals surface area contributed by atoms with E-state index in [0.29, 0.717) is 6.54 Å². The summed E-state index contributed by atoms with van der Waals surface area (Å²) in [6, 6.07) is 7.69. The molecule has 1 fully saturated rings. The van der Waals surface area contributed by atoms with Gasteiger partial charge in [-0.05, 0) is 43.5 Å². The van der Waals surface area contributed by atoms with Crippen molar-refractivity contribution in [3.8, 4) is 5.75 Å². The molecule has 0 aliphatic heterocycles. The van der Waals surface area contributed by atoms with E-state index in [0.717, 1.165) is 23.8 Å². The molecular formula is C16H25NO2. The highest BCUT2D eigenvalue weighted by Gasteiger charge is 2.18. The van der Waals surface area contributed by atoms with Gasteiger partial charge in [0.25, 0.3) is 0 Å². The molecule has 0 aromatic heterocycles. The Balaban J connectivity index is 1.86. The van der Waals surface area contributed by atoms with Crippen LogP contribution in [-0.2, 0) is 0 Å². The number of aliphatic hydroxyl groups is 1. The minimum Gasteiger partial charge on any atom is -0.497 e. The first-order valence-corrected chi connectivity index (χ1v) is 7.19. The van der Waals surface area contributed by atoms with E-state index in [-0.39, 0.29) is 0 Å². The van der Waals surface area contributed by atoms with Crippen molar-refractivity contribution in [2.75, 3.05) is 27.2 Å². The third-order valence-corrected chi connectivity index (χ3v) is 4.01. The maximum absolute atomic E-state index is 10.3. The van der Waals surface area contributed by atoms with Crippen LogP contribution in [0.2, 0.25) is 0 Å².